The Morgan fingerprint density at radius 3 is 2.52 bits per heavy atom. The third-order valence-electron chi connectivity index (χ3n) is 5.05. The van der Waals surface area contributed by atoms with Gasteiger partial charge in [-0.2, -0.15) is 0 Å². The molecule has 0 radical (unpaired) electrons. The van der Waals surface area contributed by atoms with E-state index in [1.165, 1.54) is 29.5 Å². The number of carbonyl (C=O) groups is 1. The number of rotatable bonds is 9. The molecule has 0 spiro atoms. The molecule has 1 N–H and O–H groups in total. The fourth-order valence-electron chi connectivity index (χ4n) is 3.60. The summed E-state index contributed by atoms with van der Waals surface area (Å²) < 4.78 is 2.14. The second-order valence-corrected chi connectivity index (χ2v) is 10.1. The fraction of sp³-hybridized carbons (Fsp3) is 0.417. The van der Waals surface area contributed by atoms with E-state index in [0.717, 1.165) is 39.5 Å². The van der Waals surface area contributed by atoms with Gasteiger partial charge >= 0.3 is 0 Å². The summed E-state index contributed by atoms with van der Waals surface area (Å²) in [5.41, 5.74) is 5.41. The predicted molar refractivity (Wildman–Crippen MR) is 127 cm³/mol. The van der Waals surface area contributed by atoms with Crippen LogP contribution in [0.5, 0.6) is 0 Å². The SMILES string of the molecule is CCCCCCC(Sc1nc2ccccc2s1)C(=O)Nc1c(C)cc(C)cc1C. The van der Waals surface area contributed by atoms with E-state index in [9.17, 15) is 4.79 Å². The molecule has 0 fully saturated rings. The summed E-state index contributed by atoms with van der Waals surface area (Å²) in [5, 5.41) is 3.09. The average Bonchev–Trinajstić information content (AvgIpc) is 3.09. The van der Waals surface area contributed by atoms with E-state index in [0.29, 0.717) is 0 Å². The van der Waals surface area contributed by atoms with Crippen molar-refractivity contribution in [2.75, 3.05) is 5.32 Å². The average molecular weight is 427 g/mol. The molecule has 1 unspecified atom stereocenters. The van der Waals surface area contributed by atoms with Gasteiger partial charge in [-0.3, -0.25) is 4.79 Å². The number of hydrogen-bond acceptors (Lipinski definition) is 4. The Bertz CT molecular complexity index is 924. The zero-order valence-electron chi connectivity index (χ0n) is 17.7. The van der Waals surface area contributed by atoms with E-state index in [-0.39, 0.29) is 11.2 Å². The van der Waals surface area contributed by atoms with Crippen molar-refractivity contribution in [2.45, 2.75) is 69.4 Å². The monoisotopic (exact) mass is 426 g/mol. The smallest absolute Gasteiger partial charge is 0.237 e. The lowest BCUT2D eigenvalue weighted by Crippen LogP contribution is -2.26. The molecule has 3 nitrogen and oxygen atoms in total. The van der Waals surface area contributed by atoms with Crippen LogP contribution in [-0.4, -0.2) is 16.1 Å². The first kappa shape index (κ1) is 21.8. The largest absolute Gasteiger partial charge is 0.325 e. The Balaban J connectivity index is 1.77. The number of para-hydroxylation sites is 1. The molecule has 5 heteroatoms. The Morgan fingerprint density at radius 1 is 1.10 bits per heavy atom. The summed E-state index contributed by atoms with van der Waals surface area (Å²) in [7, 11) is 0. The van der Waals surface area contributed by atoms with Crippen molar-refractivity contribution in [1.82, 2.24) is 4.98 Å². The Hall–Kier alpha value is -1.85. The first-order valence-electron chi connectivity index (χ1n) is 10.4. The van der Waals surface area contributed by atoms with Gasteiger partial charge in [-0.1, -0.05) is 74.2 Å². The van der Waals surface area contributed by atoms with Crippen LogP contribution in [0.1, 0.15) is 55.7 Å². The molecule has 1 heterocycles. The summed E-state index contributed by atoms with van der Waals surface area (Å²) in [6, 6.07) is 12.4. The molecular weight excluding hydrogens is 396 g/mol. The lowest BCUT2D eigenvalue weighted by atomic mass is 10.0. The Morgan fingerprint density at radius 2 is 1.83 bits per heavy atom. The summed E-state index contributed by atoms with van der Waals surface area (Å²) in [6.45, 7) is 8.42. The minimum absolute atomic E-state index is 0.0841. The summed E-state index contributed by atoms with van der Waals surface area (Å²) >= 11 is 3.28. The zero-order valence-corrected chi connectivity index (χ0v) is 19.4. The van der Waals surface area contributed by atoms with E-state index < -0.39 is 0 Å². The second-order valence-electron chi connectivity index (χ2n) is 7.67. The van der Waals surface area contributed by atoms with Gasteiger partial charge in [-0.15, -0.1) is 11.3 Å². The highest BCUT2D eigenvalue weighted by molar-refractivity contribution is 8.02. The number of thiazole rings is 1. The number of anilines is 1. The number of fused-ring (bicyclic) bond motifs is 1. The van der Waals surface area contributed by atoms with E-state index in [2.05, 4.69) is 51.2 Å². The molecule has 154 valence electrons. The van der Waals surface area contributed by atoms with Crippen molar-refractivity contribution >= 4 is 44.9 Å². The van der Waals surface area contributed by atoms with Crippen molar-refractivity contribution in [1.29, 1.82) is 0 Å². The number of thioether (sulfide) groups is 1. The molecular formula is C24H30N2OS2. The molecule has 0 saturated carbocycles. The third kappa shape index (κ3) is 5.83. The molecule has 29 heavy (non-hydrogen) atoms. The molecule has 0 bridgehead atoms. The van der Waals surface area contributed by atoms with Crippen LogP contribution in [0.3, 0.4) is 0 Å². The number of carbonyl (C=O) groups excluding carboxylic acids is 1. The number of aryl methyl sites for hydroxylation is 3. The molecule has 2 aromatic carbocycles. The van der Waals surface area contributed by atoms with Crippen LogP contribution >= 0.6 is 23.1 Å². The van der Waals surface area contributed by atoms with Gasteiger partial charge in [0.1, 0.15) is 0 Å². The Kier molecular flexibility index (Phi) is 7.73. The number of aromatic nitrogens is 1. The van der Waals surface area contributed by atoms with E-state index in [1.807, 2.05) is 18.2 Å². The van der Waals surface area contributed by atoms with Crippen LogP contribution in [0, 0.1) is 20.8 Å². The summed E-state index contributed by atoms with van der Waals surface area (Å²) in [4.78, 5) is 18.0. The third-order valence-corrected chi connectivity index (χ3v) is 7.45. The summed E-state index contributed by atoms with van der Waals surface area (Å²) in [6.07, 6.45) is 5.52. The minimum atomic E-state index is -0.132. The lowest BCUT2D eigenvalue weighted by molar-refractivity contribution is -0.115. The van der Waals surface area contributed by atoms with Gasteiger partial charge in [0.25, 0.3) is 0 Å². The molecule has 3 aromatic rings. The van der Waals surface area contributed by atoms with Gasteiger partial charge in [0, 0.05) is 5.69 Å². The Labute approximate surface area is 182 Å². The van der Waals surface area contributed by atoms with Gasteiger partial charge in [-0.25, -0.2) is 4.98 Å². The highest BCUT2D eigenvalue weighted by Gasteiger charge is 2.22. The van der Waals surface area contributed by atoms with Gasteiger partial charge in [-0.05, 0) is 50.5 Å². The van der Waals surface area contributed by atoms with Crippen molar-refractivity contribution < 1.29 is 4.79 Å². The van der Waals surface area contributed by atoms with Crippen LogP contribution in [0.15, 0.2) is 40.7 Å². The zero-order chi connectivity index (χ0) is 20.8. The predicted octanol–water partition coefficient (Wildman–Crippen LogP) is 7.29. The highest BCUT2D eigenvalue weighted by atomic mass is 32.2. The standard InChI is InChI=1S/C24H30N2OS2/c1-5-6-7-8-13-21(29-24-25-19-11-9-10-12-20(19)28-24)23(27)26-22-17(3)14-16(2)15-18(22)4/h9-12,14-15,21H,5-8,13H2,1-4H3,(H,26,27). The van der Waals surface area contributed by atoms with Crippen molar-refractivity contribution in [3.63, 3.8) is 0 Å². The maximum atomic E-state index is 13.2. The molecule has 1 amide bonds. The lowest BCUT2D eigenvalue weighted by Gasteiger charge is -2.18. The van der Waals surface area contributed by atoms with Gasteiger partial charge < -0.3 is 5.32 Å². The van der Waals surface area contributed by atoms with E-state index >= 15 is 0 Å². The molecule has 0 aliphatic heterocycles. The molecule has 0 aliphatic carbocycles. The molecule has 0 saturated heterocycles. The van der Waals surface area contributed by atoms with Crippen LogP contribution in [0.4, 0.5) is 5.69 Å². The molecule has 1 aromatic heterocycles. The quantitative estimate of drug-likeness (QED) is 0.288. The maximum absolute atomic E-state index is 13.2. The van der Waals surface area contributed by atoms with Gasteiger partial charge in [0.15, 0.2) is 4.34 Å². The van der Waals surface area contributed by atoms with Crippen LogP contribution < -0.4 is 5.32 Å². The number of nitrogens with zero attached hydrogens (tertiary/aromatic N) is 1. The van der Waals surface area contributed by atoms with E-state index in [4.69, 9.17) is 4.98 Å². The van der Waals surface area contributed by atoms with Crippen LogP contribution in [0.2, 0.25) is 0 Å². The number of hydrogen-bond donors (Lipinski definition) is 1. The second kappa shape index (κ2) is 10.3. The summed E-state index contributed by atoms with van der Waals surface area (Å²) in [5.74, 6) is 0.0841. The highest BCUT2D eigenvalue weighted by Crippen LogP contribution is 2.34. The minimum Gasteiger partial charge on any atom is -0.325 e. The van der Waals surface area contributed by atoms with Crippen LogP contribution in [0.25, 0.3) is 10.2 Å². The first-order valence-corrected chi connectivity index (χ1v) is 12.1. The topological polar surface area (TPSA) is 42.0 Å². The molecule has 0 aliphatic rings. The maximum Gasteiger partial charge on any atom is 0.237 e. The van der Waals surface area contributed by atoms with Gasteiger partial charge in [0.2, 0.25) is 5.91 Å². The molecule has 3 rings (SSSR count). The van der Waals surface area contributed by atoms with Gasteiger partial charge in [0.05, 0.1) is 15.5 Å². The van der Waals surface area contributed by atoms with Crippen molar-refractivity contribution in [3.05, 3.63) is 53.1 Å². The molecule has 1 atom stereocenters. The number of unbranched alkanes of at least 4 members (excludes halogenated alkanes) is 3. The van der Waals surface area contributed by atoms with Crippen molar-refractivity contribution in [2.24, 2.45) is 0 Å². The number of benzene rings is 2. The van der Waals surface area contributed by atoms with E-state index in [1.54, 1.807) is 23.1 Å². The normalized spacial score (nSPS) is 12.3. The van der Waals surface area contributed by atoms with Crippen molar-refractivity contribution in [3.8, 4) is 0 Å². The van der Waals surface area contributed by atoms with Crippen LogP contribution in [-0.2, 0) is 4.79 Å². The number of amides is 1. The number of nitrogens with one attached hydrogen (secondary N) is 1. The fourth-order valence-corrected chi connectivity index (χ4v) is 5.96. The first-order chi connectivity index (χ1) is 14.0.